The summed E-state index contributed by atoms with van der Waals surface area (Å²) in [6, 6.07) is 5.50. The lowest BCUT2D eigenvalue weighted by Crippen LogP contribution is -2.49. The molecule has 2 aliphatic heterocycles. The summed E-state index contributed by atoms with van der Waals surface area (Å²) < 4.78 is 5.95. The Balaban J connectivity index is 1.38. The molecule has 2 fully saturated rings. The van der Waals surface area contributed by atoms with Crippen molar-refractivity contribution < 1.29 is 9.21 Å². The van der Waals surface area contributed by atoms with Crippen LogP contribution in [-0.2, 0) is 0 Å². The van der Waals surface area contributed by atoms with Gasteiger partial charge in [-0.3, -0.25) is 4.79 Å². The number of nitrogens with zero attached hydrogens (tertiary/aromatic N) is 6. The molecule has 0 bridgehead atoms. The van der Waals surface area contributed by atoms with Crippen molar-refractivity contribution in [2.24, 2.45) is 0 Å². The van der Waals surface area contributed by atoms with Crippen molar-refractivity contribution in [1.82, 2.24) is 19.8 Å². The van der Waals surface area contributed by atoms with Crippen LogP contribution in [-0.4, -0.2) is 85.1 Å². The van der Waals surface area contributed by atoms with Crippen LogP contribution in [0.5, 0.6) is 0 Å². The molecule has 0 unspecified atom stereocenters. The number of hydrogen-bond acceptors (Lipinski definition) is 7. The van der Waals surface area contributed by atoms with E-state index in [0.29, 0.717) is 23.5 Å². The van der Waals surface area contributed by atoms with Gasteiger partial charge in [-0.05, 0) is 35.1 Å². The summed E-state index contributed by atoms with van der Waals surface area (Å²) in [4.78, 5) is 30.1. The van der Waals surface area contributed by atoms with Crippen LogP contribution in [0.2, 0.25) is 0 Å². The van der Waals surface area contributed by atoms with E-state index < -0.39 is 0 Å². The van der Waals surface area contributed by atoms with Gasteiger partial charge in [-0.25, -0.2) is 9.97 Å². The van der Waals surface area contributed by atoms with Crippen molar-refractivity contribution in [3.63, 3.8) is 0 Å². The maximum atomic E-state index is 12.5. The maximum absolute atomic E-state index is 12.5. The molecule has 0 atom stereocenters. The van der Waals surface area contributed by atoms with Crippen LogP contribution < -0.4 is 9.80 Å². The van der Waals surface area contributed by atoms with Gasteiger partial charge in [0.05, 0.1) is 0 Å². The first kappa shape index (κ1) is 18.2. The van der Waals surface area contributed by atoms with E-state index in [1.54, 1.807) is 18.5 Å². The van der Waals surface area contributed by atoms with Crippen LogP contribution in [0, 0.1) is 0 Å². The lowest BCUT2D eigenvalue weighted by molar-refractivity contribution is 0.0713. The number of furan rings is 1. The Kier molecular flexibility index (Phi) is 5.31. The molecule has 0 aliphatic carbocycles. The van der Waals surface area contributed by atoms with E-state index in [1.165, 1.54) is 0 Å². The molecule has 0 radical (unpaired) electrons. The van der Waals surface area contributed by atoms with Crippen LogP contribution in [0.1, 0.15) is 10.6 Å². The minimum atomic E-state index is -0.0684. The lowest BCUT2D eigenvalue weighted by Gasteiger charge is -2.36. The first-order valence-corrected chi connectivity index (χ1v) is 9.94. The summed E-state index contributed by atoms with van der Waals surface area (Å²) >= 11 is 3.24. The average Bonchev–Trinajstić information content (AvgIpc) is 3.14. The molecule has 0 spiro atoms. The van der Waals surface area contributed by atoms with Crippen molar-refractivity contribution in [3.8, 4) is 0 Å². The number of piperazine rings is 2. The molecule has 2 aliphatic rings. The molecular formula is C18H23BrN6O2. The molecule has 9 heteroatoms. The smallest absolute Gasteiger partial charge is 0.289 e. The zero-order valence-corrected chi connectivity index (χ0v) is 16.9. The SMILES string of the molecule is CN1CCN(c2cc(N3CCN(C(=O)c4ccc(Br)o4)CC3)ncn2)CC1. The summed E-state index contributed by atoms with van der Waals surface area (Å²) in [7, 11) is 2.14. The van der Waals surface area contributed by atoms with Crippen molar-refractivity contribution in [1.29, 1.82) is 0 Å². The molecule has 2 saturated heterocycles. The Hall–Kier alpha value is -2.13. The molecular weight excluding hydrogens is 412 g/mol. The second-order valence-electron chi connectivity index (χ2n) is 6.91. The third-order valence-electron chi connectivity index (χ3n) is 5.14. The van der Waals surface area contributed by atoms with Crippen LogP contribution in [0.15, 0.2) is 33.6 Å². The van der Waals surface area contributed by atoms with Crippen LogP contribution in [0.3, 0.4) is 0 Å². The molecule has 0 saturated carbocycles. The molecule has 4 heterocycles. The van der Waals surface area contributed by atoms with Gasteiger partial charge in [-0.1, -0.05) is 0 Å². The molecule has 2 aromatic heterocycles. The van der Waals surface area contributed by atoms with E-state index in [1.807, 2.05) is 4.90 Å². The highest BCUT2D eigenvalue weighted by atomic mass is 79.9. The fraction of sp³-hybridized carbons (Fsp3) is 0.500. The van der Waals surface area contributed by atoms with E-state index in [0.717, 1.165) is 50.9 Å². The van der Waals surface area contributed by atoms with Gasteiger partial charge in [0.2, 0.25) is 0 Å². The highest BCUT2D eigenvalue weighted by Crippen LogP contribution is 2.21. The Labute approximate surface area is 166 Å². The highest BCUT2D eigenvalue weighted by Gasteiger charge is 2.25. The molecule has 8 nitrogen and oxygen atoms in total. The third kappa shape index (κ3) is 4.08. The van der Waals surface area contributed by atoms with Crippen molar-refractivity contribution in [2.45, 2.75) is 0 Å². The minimum Gasteiger partial charge on any atom is -0.444 e. The molecule has 0 aromatic carbocycles. The number of carbonyl (C=O) groups is 1. The lowest BCUT2D eigenvalue weighted by atomic mass is 10.2. The predicted molar refractivity (Wildman–Crippen MR) is 106 cm³/mol. The Morgan fingerprint density at radius 2 is 1.56 bits per heavy atom. The standard InChI is InChI=1S/C18H23BrN6O2/c1-22-4-6-23(7-5-22)16-12-17(21-13-20-16)24-8-10-25(11-9-24)18(26)14-2-3-15(19)27-14/h2-3,12-13H,4-11H2,1H3. The fourth-order valence-corrected chi connectivity index (χ4v) is 3.75. The third-order valence-corrected chi connectivity index (χ3v) is 5.57. The Morgan fingerprint density at radius 1 is 0.963 bits per heavy atom. The molecule has 144 valence electrons. The van der Waals surface area contributed by atoms with Gasteiger partial charge in [0.15, 0.2) is 10.4 Å². The minimum absolute atomic E-state index is 0.0684. The highest BCUT2D eigenvalue weighted by molar-refractivity contribution is 9.10. The summed E-state index contributed by atoms with van der Waals surface area (Å²) in [5.74, 6) is 2.20. The maximum Gasteiger partial charge on any atom is 0.289 e. The summed E-state index contributed by atoms with van der Waals surface area (Å²) in [6.45, 7) is 6.82. The summed E-state index contributed by atoms with van der Waals surface area (Å²) in [5.41, 5.74) is 0. The van der Waals surface area contributed by atoms with Crippen LogP contribution in [0.25, 0.3) is 0 Å². The van der Waals surface area contributed by atoms with E-state index >= 15 is 0 Å². The number of aromatic nitrogens is 2. The first-order valence-electron chi connectivity index (χ1n) is 9.15. The van der Waals surface area contributed by atoms with Crippen molar-refractivity contribution >= 4 is 33.5 Å². The zero-order valence-electron chi connectivity index (χ0n) is 15.3. The van der Waals surface area contributed by atoms with E-state index in [-0.39, 0.29) is 5.91 Å². The number of hydrogen-bond donors (Lipinski definition) is 0. The number of rotatable bonds is 3. The molecule has 27 heavy (non-hydrogen) atoms. The van der Waals surface area contributed by atoms with Crippen LogP contribution in [0.4, 0.5) is 11.6 Å². The number of anilines is 2. The second-order valence-corrected chi connectivity index (χ2v) is 7.69. The number of carbonyl (C=O) groups excluding carboxylic acids is 1. The van der Waals surface area contributed by atoms with Gasteiger partial charge in [-0.15, -0.1) is 0 Å². The van der Waals surface area contributed by atoms with Gasteiger partial charge < -0.3 is 24.0 Å². The van der Waals surface area contributed by atoms with E-state index in [2.05, 4.69) is 53.7 Å². The van der Waals surface area contributed by atoms with Gasteiger partial charge >= 0.3 is 0 Å². The summed E-state index contributed by atoms with van der Waals surface area (Å²) in [6.07, 6.45) is 1.64. The van der Waals surface area contributed by atoms with Gasteiger partial charge in [0.1, 0.15) is 18.0 Å². The topological polar surface area (TPSA) is 69.0 Å². The monoisotopic (exact) mass is 434 g/mol. The molecule has 1 amide bonds. The quantitative estimate of drug-likeness (QED) is 0.725. The number of likely N-dealkylation sites (N-methyl/N-ethyl adjacent to an activating group) is 1. The van der Waals surface area contributed by atoms with Gasteiger partial charge in [-0.2, -0.15) is 0 Å². The average molecular weight is 435 g/mol. The van der Waals surface area contributed by atoms with E-state index in [9.17, 15) is 4.79 Å². The molecule has 4 rings (SSSR count). The largest absolute Gasteiger partial charge is 0.444 e. The number of amides is 1. The molecule has 0 N–H and O–H groups in total. The second kappa shape index (κ2) is 7.85. The Morgan fingerprint density at radius 3 is 2.11 bits per heavy atom. The van der Waals surface area contributed by atoms with Crippen LogP contribution >= 0.6 is 15.9 Å². The van der Waals surface area contributed by atoms with E-state index in [4.69, 9.17) is 4.42 Å². The summed E-state index contributed by atoms with van der Waals surface area (Å²) in [5, 5.41) is 0. The Bertz CT molecular complexity index is 797. The van der Waals surface area contributed by atoms with Gasteiger partial charge in [0.25, 0.3) is 5.91 Å². The zero-order chi connectivity index (χ0) is 18.8. The number of halogens is 1. The molecule has 2 aromatic rings. The van der Waals surface area contributed by atoms with Crippen molar-refractivity contribution in [3.05, 3.63) is 35.0 Å². The normalized spacial score (nSPS) is 18.8. The first-order chi connectivity index (χ1) is 13.1. The predicted octanol–water partition coefficient (Wildman–Crippen LogP) is 1.55. The fourth-order valence-electron chi connectivity index (χ4n) is 3.44. The van der Waals surface area contributed by atoms with Crippen molar-refractivity contribution in [2.75, 3.05) is 69.2 Å². The van der Waals surface area contributed by atoms with Gasteiger partial charge in [0, 0.05) is 58.4 Å².